The van der Waals surface area contributed by atoms with Crippen LogP contribution in [0.3, 0.4) is 0 Å². The number of allylic oxidation sites excluding steroid dienone is 3. The molecule has 15 heavy (non-hydrogen) atoms. The number of carbonyl (C=O) groups is 2. The Bertz CT molecular complexity index is 308. The third-order valence-corrected chi connectivity index (χ3v) is 2.28. The van der Waals surface area contributed by atoms with E-state index >= 15 is 0 Å². The predicted molar refractivity (Wildman–Crippen MR) is 58.1 cm³/mol. The van der Waals surface area contributed by atoms with Crippen molar-refractivity contribution >= 4 is 11.8 Å². The van der Waals surface area contributed by atoms with E-state index in [0.29, 0.717) is 19.4 Å². The molecule has 0 radical (unpaired) electrons. The van der Waals surface area contributed by atoms with Crippen molar-refractivity contribution in [1.29, 1.82) is 0 Å². The van der Waals surface area contributed by atoms with E-state index in [4.69, 9.17) is 0 Å². The second-order valence-corrected chi connectivity index (χ2v) is 3.61. The SMILES string of the molecule is C=C/C=C(\C)CCC(=O)N[C@H]1CNC1=O. The zero-order chi connectivity index (χ0) is 11.3. The molecule has 1 rings (SSSR count). The highest BCUT2D eigenvalue weighted by atomic mass is 16.2. The largest absolute Gasteiger partial charge is 0.352 e. The normalized spacial score (nSPS) is 20.2. The molecule has 1 heterocycles. The minimum atomic E-state index is -0.318. The van der Waals surface area contributed by atoms with Crippen LogP contribution in [-0.4, -0.2) is 24.4 Å². The molecule has 1 fully saturated rings. The Morgan fingerprint density at radius 2 is 2.40 bits per heavy atom. The third-order valence-electron chi connectivity index (χ3n) is 2.28. The zero-order valence-electron chi connectivity index (χ0n) is 8.88. The third kappa shape index (κ3) is 3.58. The summed E-state index contributed by atoms with van der Waals surface area (Å²) in [5.41, 5.74) is 1.11. The number of rotatable bonds is 5. The number of β-lactam (4-membered cyclic amide) rings is 1. The number of hydrogen-bond acceptors (Lipinski definition) is 2. The molecule has 1 atom stereocenters. The molecule has 82 valence electrons. The summed E-state index contributed by atoms with van der Waals surface area (Å²) in [6, 6.07) is -0.318. The van der Waals surface area contributed by atoms with Crippen molar-refractivity contribution in [3.8, 4) is 0 Å². The van der Waals surface area contributed by atoms with Gasteiger partial charge in [-0.05, 0) is 13.3 Å². The smallest absolute Gasteiger partial charge is 0.244 e. The van der Waals surface area contributed by atoms with Crippen LogP contribution in [-0.2, 0) is 9.59 Å². The predicted octanol–water partition coefficient (Wildman–Crippen LogP) is 0.513. The topological polar surface area (TPSA) is 58.2 Å². The maximum atomic E-state index is 11.4. The van der Waals surface area contributed by atoms with Crippen LogP contribution in [0.1, 0.15) is 19.8 Å². The number of nitrogens with one attached hydrogen (secondary N) is 2. The van der Waals surface area contributed by atoms with Crippen LogP contribution < -0.4 is 10.6 Å². The molecule has 0 aliphatic carbocycles. The van der Waals surface area contributed by atoms with Crippen molar-refractivity contribution in [2.75, 3.05) is 6.54 Å². The van der Waals surface area contributed by atoms with Gasteiger partial charge in [-0.15, -0.1) is 0 Å². The minimum absolute atomic E-state index is 0.0772. The fourth-order valence-electron chi connectivity index (χ4n) is 1.27. The van der Waals surface area contributed by atoms with Gasteiger partial charge in [0.1, 0.15) is 6.04 Å². The molecule has 4 heteroatoms. The molecular weight excluding hydrogens is 192 g/mol. The second kappa shape index (κ2) is 5.34. The summed E-state index contributed by atoms with van der Waals surface area (Å²) in [6.07, 6.45) is 4.70. The highest BCUT2D eigenvalue weighted by Gasteiger charge is 2.28. The molecule has 0 aromatic heterocycles. The number of amides is 2. The molecule has 2 N–H and O–H groups in total. The Morgan fingerprint density at radius 3 is 2.87 bits per heavy atom. The molecule has 0 aromatic carbocycles. The standard InChI is InChI=1S/C11H16N2O2/c1-3-4-8(2)5-6-10(14)13-9-7-12-11(9)15/h3-4,9H,1,5-7H2,2H3,(H,12,15)(H,13,14)/b8-4+/t9-/m0/s1. The summed E-state index contributed by atoms with van der Waals surface area (Å²) >= 11 is 0. The Morgan fingerprint density at radius 1 is 1.67 bits per heavy atom. The highest BCUT2D eigenvalue weighted by Crippen LogP contribution is 2.04. The molecule has 1 saturated heterocycles. The van der Waals surface area contributed by atoms with E-state index in [0.717, 1.165) is 5.57 Å². The van der Waals surface area contributed by atoms with Crippen molar-refractivity contribution in [2.24, 2.45) is 0 Å². The van der Waals surface area contributed by atoms with Crippen LogP contribution in [0.25, 0.3) is 0 Å². The van der Waals surface area contributed by atoms with Crippen molar-refractivity contribution in [2.45, 2.75) is 25.8 Å². The monoisotopic (exact) mass is 208 g/mol. The van der Waals surface area contributed by atoms with Gasteiger partial charge in [0.2, 0.25) is 11.8 Å². The lowest BCUT2D eigenvalue weighted by Gasteiger charge is -2.26. The molecule has 0 bridgehead atoms. The lowest BCUT2D eigenvalue weighted by Crippen LogP contribution is -2.61. The maximum Gasteiger partial charge on any atom is 0.244 e. The van der Waals surface area contributed by atoms with Gasteiger partial charge in [-0.1, -0.05) is 24.3 Å². The molecule has 0 unspecified atom stereocenters. The Kier molecular flexibility index (Phi) is 4.09. The van der Waals surface area contributed by atoms with Crippen LogP contribution in [0.15, 0.2) is 24.3 Å². The van der Waals surface area contributed by atoms with E-state index in [1.54, 1.807) is 6.08 Å². The lowest BCUT2D eigenvalue weighted by atomic mass is 10.1. The Balaban J connectivity index is 2.21. The van der Waals surface area contributed by atoms with Crippen LogP contribution in [0.2, 0.25) is 0 Å². The molecule has 0 spiro atoms. The van der Waals surface area contributed by atoms with Crippen LogP contribution in [0.4, 0.5) is 0 Å². The van der Waals surface area contributed by atoms with E-state index in [-0.39, 0.29) is 17.9 Å². The van der Waals surface area contributed by atoms with Gasteiger partial charge >= 0.3 is 0 Å². The molecule has 2 amide bonds. The Labute approximate surface area is 89.4 Å². The van der Waals surface area contributed by atoms with Gasteiger partial charge in [-0.3, -0.25) is 9.59 Å². The average molecular weight is 208 g/mol. The summed E-state index contributed by atoms with van der Waals surface area (Å²) in [5, 5.41) is 5.23. The van der Waals surface area contributed by atoms with Crippen molar-refractivity contribution in [3.05, 3.63) is 24.3 Å². The zero-order valence-corrected chi connectivity index (χ0v) is 8.88. The quantitative estimate of drug-likeness (QED) is 0.511. The van der Waals surface area contributed by atoms with Crippen LogP contribution in [0.5, 0.6) is 0 Å². The van der Waals surface area contributed by atoms with Gasteiger partial charge in [0.05, 0.1) is 0 Å². The first-order chi connectivity index (χ1) is 7.13. The molecule has 0 saturated carbocycles. The summed E-state index contributed by atoms with van der Waals surface area (Å²) in [4.78, 5) is 22.2. The van der Waals surface area contributed by atoms with Crippen molar-refractivity contribution < 1.29 is 9.59 Å². The fraction of sp³-hybridized carbons (Fsp3) is 0.455. The van der Waals surface area contributed by atoms with Gasteiger partial charge in [0.25, 0.3) is 0 Å². The van der Waals surface area contributed by atoms with E-state index < -0.39 is 0 Å². The fourth-order valence-corrected chi connectivity index (χ4v) is 1.27. The van der Waals surface area contributed by atoms with Crippen molar-refractivity contribution in [1.82, 2.24) is 10.6 Å². The van der Waals surface area contributed by atoms with Gasteiger partial charge in [-0.25, -0.2) is 0 Å². The van der Waals surface area contributed by atoms with E-state index in [1.807, 2.05) is 13.0 Å². The second-order valence-electron chi connectivity index (χ2n) is 3.61. The minimum Gasteiger partial charge on any atom is -0.352 e. The molecular formula is C11H16N2O2. The van der Waals surface area contributed by atoms with Gasteiger partial charge < -0.3 is 10.6 Å². The van der Waals surface area contributed by atoms with E-state index in [2.05, 4.69) is 17.2 Å². The molecule has 4 nitrogen and oxygen atoms in total. The summed E-state index contributed by atoms with van der Waals surface area (Å²) in [5.74, 6) is -0.173. The molecule has 1 aliphatic heterocycles. The van der Waals surface area contributed by atoms with Crippen molar-refractivity contribution in [3.63, 3.8) is 0 Å². The van der Waals surface area contributed by atoms with Crippen LogP contribution >= 0.6 is 0 Å². The first kappa shape index (κ1) is 11.5. The first-order valence-electron chi connectivity index (χ1n) is 4.98. The van der Waals surface area contributed by atoms with Crippen LogP contribution in [0, 0.1) is 0 Å². The molecule has 0 aromatic rings. The number of carbonyl (C=O) groups excluding carboxylic acids is 2. The Hall–Kier alpha value is -1.58. The van der Waals surface area contributed by atoms with Gasteiger partial charge in [-0.2, -0.15) is 0 Å². The number of hydrogen-bond donors (Lipinski definition) is 2. The average Bonchev–Trinajstić information content (AvgIpc) is 2.21. The first-order valence-corrected chi connectivity index (χ1v) is 4.98. The van der Waals surface area contributed by atoms with E-state index in [1.165, 1.54) is 0 Å². The summed E-state index contributed by atoms with van der Waals surface area (Å²) in [7, 11) is 0. The van der Waals surface area contributed by atoms with Gasteiger partial charge in [0.15, 0.2) is 0 Å². The molecule has 1 aliphatic rings. The highest BCUT2D eigenvalue weighted by molar-refractivity contribution is 5.92. The summed E-state index contributed by atoms with van der Waals surface area (Å²) in [6.45, 7) is 6.08. The lowest BCUT2D eigenvalue weighted by molar-refractivity contribution is -0.133. The maximum absolute atomic E-state index is 11.4. The van der Waals surface area contributed by atoms with E-state index in [9.17, 15) is 9.59 Å². The van der Waals surface area contributed by atoms with Gasteiger partial charge in [0, 0.05) is 13.0 Å². The summed E-state index contributed by atoms with van der Waals surface area (Å²) < 4.78 is 0.